The number of nitrogens with one attached hydrogen (secondary N) is 2. The van der Waals surface area contributed by atoms with Gasteiger partial charge in [0, 0.05) is 18.7 Å². The zero-order valence-corrected chi connectivity index (χ0v) is 16.2. The molecule has 3 heterocycles. The van der Waals surface area contributed by atoms with E-state index in [1.54, 1.807) is 6.07 Å². The van der Waals surface area contributed by atoms with E-state index in [1.807, 2.05) is 23.4 Å². The molecule has 0 aliphatic carbocycles. The summed E-state index contributed by atoms with van der Waals surface area (Å²) in [5, 5.41) is 9.07. The fourth-order valence-electron chi connectivity index (χ4n) is 3.84. The summed E-state index contributed by atoms with van der Waals surface area (Å²) in [6.07, 6.45) is 2.09. The van der Waals surface area contributed by atoms with E-state index < -0.39 is 5.56 Å². The summed E-state index contributed by atoms with van der Waals surface area (Å²) in [6, 6.07) is 4.52. The van der Waals surface area contributed by atoms with Crippen molar-refractivity contribution >= 4 is 17.3 Å². The van der Waals surface area contributed by atoms with Crippen LogP contribution < -0.4 is 16.0 Å². The molecule has 1 aromatic carbocycles. The molecule has 0 saturated heterocycles. The summed E-state index contributed by atoms with van der Waals surface area (Å²) in [4.78, 5) is 26.2. The minimum atomic E-state index is -0.461. The van der Waals surface area contributed by atoms with Gasteiger partial charge in [-0.2, -0.15) is 5.10 Å². The molecule has 7 nitrogen and oxygen atoms in total. The van der Waals surface area contributed by atoms with Gasteiger partial charge < -0.3 is 4.90 Å². The monoisotopic (exact) mass is 403 g/mol. The highest BCUT2D eigenvalue weighted by atomic mass is 35.5. The Morgan fingerprint density at radius 3 is 2.82 bits per heavy atom. The van der Waals surface area contributed by atoms with Gasteiger partial charge in [0.2, 0.25) is 0 Å². The SMILES string of the molecule is Cc1cc(F)ccc1[C@@H](C)n1[nH]c(=O)c2c1CCN(c1cn[nH]c(=O)c1Cl)C2. The fraction of sp³-hybridized carbons (Fsp3) is 0.316. The van der Waals surface area contributed by atoms with E-state index in [4.69, 9.17) is 11.6 Å². The maximum atomic E-state index is 13.4. The zero-order valence-electron chi connectivity index (χ0n) is 15.4. The molecule has 1 aliphatic rings. The van der Waals surface area contributed by atoms with Gasteiger partial charge in [0.15, 0.2) is 0 Å². The van der Waals surface area contributed by atoms with Crippen molar-refractivity contribution in [1.82, 2.24) is 20.0 Å². The summed E-state index contributed by atoms with van der Waals surface area (Å²) < 4.78 is 15.3. The lowest BCUT2D eigenvalue weighted by Crippen LogP contribution is -2.34. The molecule has 146 valence electrons. The van der Waals surface area contributed by atoms with Gasteiger partial charge in [0.1, 0.15) is 10.8 Å². The van der Waals surface area contributed by atoms with Crippen LogP contribution in [0.25, 0.3) is 0 Å². The van der Waals surface area contributed by atoms with E-state index in [-0.39, 0.29) is 22.4 Å². The summed E-state index contributed by atoms with van der Waals surface area (Å²) in [5.41, 5.74) is 3.18. The van der Waals surface area contributed by atoms with Crippen LogP contribution in [0, 0.1) is 12.7 Å². The molecule has 0 radical (unpaired) electrons. The van der Waals surface area contributed by atoms with Gasteiger partial charge in [-0.3, -0.25) is 19.4 Å². The van der Waals surface area contributed by atoms with Crippen molar-refractivity contribution in [3.05, 3.63) is 78.3 Å². The number of hydrogen-bond acceptors (Lipinski definition) is 4. The largest absolute Gasteiger partial charge is 0.364 e. The normalized spacial score (nSPS) is 14.8. The first-order valence-corrected chi connectivity index (χ1v) is 9.31. The second-order valence-electron chi connectivity index (χ2n) is 6.98. The Labute approximate surface area is 164 Å². The Morgan fingerprint density at radius 2 is 2.07 bits per heavy atom. The molecule has 0 spiro atoms. The maximum absolute atomic E-state index is 13.4. The van der Waals surface area contributed by atoms with Gasteiger partial charge >= 0.3 is 0 Å². The summed E-state index contributed by atoms with van der Waals surface area (Å²) >= 11 is 6.11. The molecule has 0 amide bonds. The number of H-pyrrole nitrogens is 2. The van der Waals surface area contributed by atoms with Crippen molar-refractivity contribution in [3.8, 4) is 0 Å². The lowest BCUT2D eigenvalue weighted by molar-refractivity contribution is 0.522. The van der Waals surface area contributed by atoms with E-state index in [0.717, 1.165) is 16.8 Å². The predicted octanol–water partition coefficient (Wildman–Crippen LogP) is 2.53. The maximum Gasteiger partial charge on any atom is 0.285 e. The second kappa shape index (κ2) is 6.94. The van der Waals surface area contributed by atoms with Crippen molar-refractivity contribution in [3.63, 3.8) is 0 Å². The van der Waals surface area contributed by atoms with E-state index >= 15 is 0 Å². The highest BCUT2D eigenvalue weighted by Crippen LogP contribution is 2.29. The Balaban J connectivity index is 1.70. The Hall–Kier alpha value is -2.87. The molecular formula is C19H19ClFN5O2. The average Bonchev–Trinajstić information content (AvgIpc) is 3.00. The molecule has 2 N–H and O–H groups in total. The molecular weight excluding hydrogens is 385 g/mol. The van der Waals surface area contributed by atoms with E-state index in [9.17, 15) is 14.0 Å². The molecule has 0 bridgehead atoms. The number of anilines is 1. The first-order valence-electron chi connectivity index (χ1n) is 8.93. The number of fused-ring (bicyclic) bond motifs is 1. The van der Waals surface area contributed by atoms with Crippen molar-refractivity contribution in [2.24, 2.45) is 0 Å². The van der Waals surface area contributed by atoms with Gasteiger partial charge in [-0.15, -0.1) is 0 Å². The van der Waals surface area contributed by atoms with Crippen LogP contribution >= 0.6 is 11.6 Å². The number of aromatic nitrogens is 4. The van der Waals surface area contributed by atoms with E-state index in [1.165, 1.54) is 18.3 Å². The van der Waals surface area contributed by atoms with Gasteiger partial charge in [-0.25, -0.2) is 9.49 Å². The first kappa shape index (κ1) is 18.5. The third-order valence-corrected chi connectivity index (χ3v) is 5.66. The molecule has 0 fully saturated rings. The zero-order chi connectivity index (χ0) is 20.0. The van der Waals surface area contributed by atoms with Crippen LogP contribution in [0.4, 0.5) is 10.1 Å². The van der Waals surface area contributed by atoms with Crippen LogP contribution in [-0.2, 0) is 13.0 Å². The third-order valence-electron chi connectivity index (χ3n) is 5.29. The van der Waals surface area contributed by atoms with Crippen LogP contribution in [0.2, 0.25) is 5.02 Å². The van der Waals surface area contributed by atoms with Crippen molar-refractivity contribution in [1.29, 1.82) is 0 Å². The standard InChI is InChI=1S/C19H19ClFN5O2/c1-10-7-12(21)3-4-13(10)11(2)26-15-5-6-25(9-14(15)18(27)24-26)16-8-22-23-19(28)17(16)20/h3-4,7-8,11H,5-6,9H2,1-2H3,(H,23,28)(H,24,27)/t11-/m1/s1. The summed E-state index contributed by atoms with van der Waals surface area (Å²) in [7, 11) is 0. The minimum Gasteiger partial charge on any atom is -0.364 e. The number of hydrogen-bond donors (Lipinski definition) is 2. The highest BCUT2D eigenvalue weighted by Gasteiger charge is 2.27. The van der Waals surface area contributed by atoms with Gasteiger partial charge in [-0.1, -0.05) is 17.7 Å². The van der Waals surface area contributed by atoms with Crippen LogP contribution in [-0.4, -0.2) is 26.5 Å². The molecule has 28 heavy (non-hydrogen) atoms. The number of rotatable bonds is 3. The Bertz CT molecular complexity index is 1170. The average molecular weight is 404 g/mol. The molecule has 3 aromatic rings. The smallest absolute Gasteiger partial charge is 0.285 e. The number of halogens is 2. The summed E-state index contributed by atoms with van der Waals surface area (Å²) in [6.45, 7) is 4.74. The van der Waals surface area contributed by atoms with Crippen LogP contribution in [0.3, 0.4) is 0 Å². The lowest BCUT2D eigenvalue weighted by Gasteiger charge is -2.30. The molecule has 0 saturated carbocycles. The molecule has 1 atom stereocenters. The van der Waals surface area contributed by atoms with Crippen LogP contribution in [0.5, 0.6) is 0 Å². The van der Waals surface area contributed by atoms with Gasteiger partial charge in [-0.05, 0) is 37.1 Å². The van der Waals surface area contributed by atoms with E-state index in [2.05, 4.69) is 15.3 Å². The Morgan fingerprint density at radius 1 is 1.29 bits per heavy atom. The number of nitrogens with zero attached hydrogens (tertiary/aromatic N) is 3. The first-order chi connectivity index (χ1) is 13.4. The molecule has 2 aromatic heterocycles. The number of aryl methyl sites for hydroxylation is 1. The van der Waals surface area contributed by atoms with Crippen molar-refractivity contribution < 1.29 is 4.39 Å². The van der Waals surface area contributed by atoms with Crippen LogP contribution in [0.1, 0.15) is 35.3 Å². The molecule has 1 aliphatic heterocycles. The number of benzene rings is 1. The topological polar surface area (TPSA) is 86.8 Å². The van der Waals surface area contributed by atoms with Gasteiger partial charge in [0.05, 0.1) is 30.0 Å². The van der Waals surface area contributed by atoms with Crippen LogP contribution in [0.15, 0.2) is 34.0 Å². The van der Waals surface area contributed by atoms with Gasteiger partial charge in [0.25, 0.3) is 11.1 Å². The molecule has 4 rings (SSSR count). The molecule has 9 heteroatoms. The minimum absolute atomic E-state index is 0.0598. The van der Waals surface area contributed by atoms with Crippen molar-refractivity contribution in [2.75, 3.05) is 11.4 Å². The fourth-order valence-corrected chi connectivity index (χ4v) is 4.05. The molecule has 0 unspecified atom stereocenters. The van der Waals surface area contributed by atoms with Crippen molar-refractivity contribution in [2.45, 2.75) is 32.9 Å². The van der Waals surface area contributed by atoms with E-state index in [0.29, 0.717) is 30.8 Å². The number of aromatic amines is 2. The highest BCUT2D eigenvalue weighted by molar-refractivity contribution is 6.32. The third kappa shape index (κ3) is 3.03. The second-order valence-corrected chi connectivity index (χ2v) is 7.36. The summed E-state index contributed by atoms with van der Waals surface area (Å²) in [5.74, 6) is -0.282. The quantitative estimate of drug-likeness (QED) is 0.703. The lowest BCUT2D eigenvalue weighted by atomic mass is 10.0. The predicted molar refractivity (Wildman–Crippen MR) is 105 cm³/mol. The Kier molecular flexibility index (Phi) is 4.58.